The third-order valence-corrected chi connectivity index (χ3v) is 3.00. The van der Waals surface area contributed by atoms with E-state index >= 15 is 0 Å². The minimum Gasteiger partial charge on any atom is -0.355 e. The Morgan fingerprint density at radius 1 is 1.22 bits per heavy atom. The summed E-state index contributed by atoms with van der Waals surface area (Å²) < 4.78 is 0. The Bertz CT molecular complexity index is 397. The van der Waals surface area contributed by atoms with Gasteiger partial charge in [-0.2, -0.15) is 0 Å². The molecule has 18 heavy (non-hydrogen) atoms. The summed E-state index contributed by atoms with van der Waals surface area (Å²) in [6.07, 6.45) is 1.37. The van der Waals surface area contributed by atoms with E-state index in [1.165, 1.54) is 0 Å². The van der Waals surface area contributed by atoms with E-state index in [0.717, 1.165) is 25.1 Å². The average molecular weight is 289 g/mol. The van der Waals surface area contributed by atoms with Gasteiger partial charge < -0.3 is 10.6 Å². The van der Waals surface area contributed by atoms with E-state index in [1.807, 2.05) is 0 Å². The molecule has 0 atom stereocenters. The van der Waals surface area contributed by atoms with Crippen molar-refractivity contribution < 1.29 is 4.79 Å². The Labute approximate surface area is 118 Å². The third-order valence-electron chi connectivity index (χ3n) is 2.42. The van der Waals surface area contributed by atoms with Gasteiger partial charge in [0, 0.05) is 23.1 Å². The Kier molecular flexibility index (Phi) is 7.09. The number of carbonyl (C=O) groups excluding carboxylic acids is 1. The highest BCUT2D eigenvalue weighted by Crippen LogP contribution is 2.21. The van der Waals surface area contributed by atoms with E-state index in [-0.39, 0.29) is 12.3 Å². The SMILES string of the molecule is CCCNCCNC(=O)Cc1ccc(Cl)cc1Cl. The fourth-order valence-electron chi connectivity index (χ4n) is 1.49. The third kappa shape index (κ3) is 5.71. The van der Waals surface area contributed by atoms with Gasteiger partial charge in [-0.3, -0.25) is 4.79 Å². The highest BCUT2D eigenvalue weighted by atomic mass is 35.5. The second-order valence-corrected chi connectivity index (χ2v) is 4.86. The van der Waals surface area contributed by atoms with Crippen LogP contribution in [-0.4, -0.2) is 25.5 Å². The lowest BCUT2D eigenvalue weighted by atomic mass is 10.1. The fraction of sp³-hybridized carbons (Fsp3) is 0.462. The van der Waals surface area contributed by atoms with Gasteiger partial charge in [-0.25, -0.2) is 0 Å². The molecule has 100 valence electrons. The molecule has 1 aromatic rings. The minimum absolute atomic E-state index is 0.0301. The van der Waals surface area contributed by atoms with Crippen LogP contribution in [-0.2, 0) is 11.2 Å². The molecule has 1 aromatic carbocycles. The summed E-state index contributed by atoms with van der Waals surface area (Å²) in [5.41, 5.74) is 0.792. The van der Waals surface area contributed by atoms with Crippen molar-refractivity contribution >= 4 is 29.1 Å². The molecule has 0 aromatic heterocycles. The number of hydrogen-bond acceptors (Lipinski definition) is 2. The van der Waals surface area contributed by atoms with E-state index in [1.54, 1.807) is 18.2 Å². The first-order valence-corrected chi connectivity index (χ1v) is 6.80. The van der Waals surface area contributed by atoms with E-state index < -0.39 is 0 Å². The number of nitrogens with one attached hydrogen (secondary N) is 2. The molecule has 0 unspecified atom stereocenters. The quantitative estimate of drug-likeness (QED) is 0.758. The van der Waals surface area contributed by atoms with Crippen LogP contribution in [0.25, 0.3) is 0 Å². The standard InChI is InChI=1S/C13H18Cl2N2O/c1-2-5-16-6-7-17-13(18)8-10-3-4-11(14)9-12(10)15/h3-4,9,16H,2,5-8H2,1H3,(H,17,18). The summed E-state index contributed by atoms with van der Waals surface area (Å²) >= 11 is 11.8. The van der Waals surface area contributed by atoms with E-state index in [4.69, 9.17) is 23.2 Å². The first-order chi connectivity index (χ1) is 8.63. The van der Waals surface area contributed by atoms with Crippen molar-refractivity contribution in [3.63, 3.8) is 0 Å². The molecule has 0 radical (unpaired) electrons. The van der Waals surface area contributed by atoms with Crippen LogP contribution >= 0.6 is 23.2 Å². The molecular formula is C13H18Cl2N2O. The topological polar surface area (TPSA) is 41.1 Å². The van der Waals surface area contributed by atoms with Gasteiger partial charge in [0.1, 0.15) is 0 Å². The molecule has 0 saturated heterocycles. The van der Waals surface area contributed by atoms with Gasteiger partial charge in [-0.05, 0) is 30.7 Å². The molecule has 0 fully saturated rings. The molecule has 1 amide bonds. The molecular weight excluding hydrogens is 271 g/mol. The van der Waals surface area contributed by atoms with E-state index in [0.29, 0.717) is 16.6 Å². The second-order valence-electron chi connectivity index (χ2n) is 4.01. The highest BCUT2D eigenvalue weighted by Gasteiger charge is 2.06. The number of hydrogen-bond donors (Lipinski definition) is 2. The summed E-state index contributed by atoms with van der Waals surface area (Å²) in [6.45, 7) is 4.49. The Morgan fingerprint density at radius 3 is 2.67 bits per heavy atom. The van der Waals surface area contributed by atoms with Crippen molar-refractivity contribution in [2.75, 3.05) is 19.6 Å². The van der Waals surface area contributed by atoms with Crippen molar-refractivity contribution in [2.24, 2.45) is 0 Å². The maximum atomic E-state index is 11.7. The first-order valence-electron chi connectivity index (χ1n) is 6.04. The van der Waals surface area contributed by atoms with E-state index in [9.17, 15) is 4.79 Å². The molecule has 0 heterocycles. The summed E-state index contributed by atoms with van der Waals surface area (Å²) in [4.78, 5) is 11.7. The minimum atomic E-state index is -0.0301. The van der Waals surface area contributed by atoms with Crippen LogP contribution in [0.3, 0.4) is 0 Å². The zero-order chi connectivity index (χ0) is 13.4. The summed E-state index contributed by atoms with van der Waals surface area (Å²) in [6, 6.07) is 5.16. The summed E-state index contributed by atoms with van der Waals surface area (Å²) in [5, 5.41) is 7.16. The Hall–Kier alpha value is -0.770. The maximum absolute atomic E-state index is 11.7. The lowest BCUT2D eigenvalue weighted by Crippen LogP contribution is -2.33. The predicted octanol–water partition coefficient (Wildman–Crippen LogP) is 2.65. The zero-order valence-electron chi connectivity index (χ0n) is 10.4. The van der Waals surface area contributed by atoms with Crippen molar-refractivity contribution in [1.29, 1.82) is 0 Å². The largest absolute Gasteiger partial charge is 0.355 e. The Balaban J connectivity index is 2.31. The van der Waals surface area contributed by atoms with Gasteiger partial charge >= 0.3 is 0 Å². The molecule has 0 saturated carbocycles. The monoisotopic (exact) mass is 288 g/mol. The predicted molar refractivity (Wildman–Crippen MR) is 76.3 cm³/mol. The van der Waals surface area contributed by atoms with Crippen LogP contribution in [0, 0.1) is 0 Å². The molecule has 3 nitrogen and oxygen atoms in total. The lowest BCUT2D eigenvalue weighted by Gasteiger charge is -2.07. The number of carbonyl (C=O) groups is 1. The average Bonchev–Trinajstić information content (AvgIpc) is 2.32. The molecule has 0 aliphatic rings. The van der Waals surface area contributed by atoms with E-state index in [2.05, 4.69) is 17.6 Å². The van der Waals surface area contributed by atoms with Crippen LogP contribution < -0.4 is 10.6 Å². The van der Waals surface area contributed by atoms with Gasteiger partial charge in [0.2, 0.25) is 5.91 Å². The molecule has 1 rings (SSSR count). The van der Waals surface area contributed by atoms with Crippen molar-refractivity contribution in [3.05, 3.63) is 33.8 Å². The number of benzene rings is 1. The molecule has 0 bridgehead atoms. The highest BCUT2D eigenvalue weighted by molar-refractivity contribution is 6.35. The van der Waals surface area contributed by atoms with Gasteiger partial charge in [0.05, 0.1) is 6.42 Å². The maximum Gasteiger partial charge on any atom is 0.224 e. The van der Waals surface area contributed by atoms with Gasteiger partial charge in [0.15, 0.2) is 0 Å². The van der Waals surface area contributed by atoms with Crippen LogP contribution in [0.2, 0.25) is 10.0 Å². The molecule has 2 N–H and O–H groups in total. The molecule has 0 aliphatic heterocycles. The van der Waals surface area contributed by atoms with Crippen molar-refractivity contribution in [1.82, 2.24) is 10.6 Å². The summed E-state index contributed by atoms with van der Waals surface area (Å²) in [7, 11) is 0. The van der Waals surface area contributed by atoms with Crippen LogP contribution in [0.15, 0.2) is 18.2 Å². The smallest absolute Gasteiger partial charge is 0.224 e. The van der Waals surface area contributed by atoms with Gasteiger partial charge in [0.25, 0.3) is 0 Å². The fourth-order valence-corrected chi connectivity index (χ4v) is 1.97. The van der Waals surface area contributed by atoms with Gasteiger partial charge in [-0.15, -0.1) is 0 Å². The Morgan fingerprint density at radius 2 is 2.00 bits per heavy atom. The number of amides is 1. The van der Waals surface area contributed by atoms with Crippen LogP contribution in [0.5, 0.6) is 0 Å². The van der Waals surface area contributed by atoms with Crippen molar-refractivity contribution in [3.8, 4) is 0 Å². The zero-order valence-corrected chi connectivity index (χ0v) is 11.9. The number of rotatable bonds is 7. The van der Waals surface area contributed by atoms with Crippen LogP contribution in [0.1, 0.15) is 18.9 Å². The van der Waals surface area contributed by atoms with Crippen LogP contribution in [0.4, 0.5) is 0 Å². The first kappa shape index (κ1) is 15.3. The normalized spacial score (nSPS) is 10.4. The van der Waals surface area contributed by atoms with Crippen molar-refractivity contribution in [2.45, 2.75) is 19.8 Å². The second kappa shape index (κ2) is 8.35. The molecule has 0 aliphatic carbocycles. The number of halogens is 2. The molecule has 5 heteroatoms. The summed E-state index contributed by atoms with van der Waals surface area (Å²) in [5.74, 6) is -0.0301. The van der Waals surface area contributed by atoms with Gasteiger partial charge in [-0.1, -0.05) is 36.2 Å². The lowest BCUT2D eigenvalue weighted by molar-refractivity contribution is -0.120. The molecule has 0 spiro atoms.